The Morgan fingerprint density at radius 3 is 2.84 bits per heavy atom. The molecule has 0 aromatic heterocycles. The van der Waals surface area contributed by atoms with Crippen LogP contribution in [0.15, 0.2) is 53.4 Å². The number of carbonyl (C=O) groups is 1. The average molecular weight is 271 g/mol. The standard InChI is InChI=1S/C15H13NO2S/c1-19-11-6-4-5-10(9-11)16-14-12-7-2-3-8-13(12)15(17)18-14/h2-9,14,16H,1H3/t14-/m0/s1. The number of hydrogen-bond donors (Lipinski definition) is 1. The quantitative estimate of drug-likeness (QED) is 0.682. The van der Waals surface area contributed by atoms with Gasteiger partial charge in [0.25, 0.3) is 0 Å². The van der Waals surface area contributed by atoms with Crippen LogP contribution in [-0.4, -0.2) is 12.2 Å². The van der Waals surface area contributed by atoms with Crippen LogP contribution >= 0.6 is 11.8 Å². The Balaban J connectivity index is 1.87. The van der Waals surface area contributed by atoms with E-state index in [4.69, 9.17) is 4.74 Å². The third-order valence-corrected chi connectivity index (χ3v) is 3.78. The summed E-state index contributed by atoms with van der Waals surface area (Å²) in [6, 6.07) is 15.5. The Bertz CT molecular complexity index is 627. The molecule has 0 spiro atoms. The van der Waals surface area contributed by atoms with E-state index in [1.165, 1.54) is 4.90 Å². The number of esters is 1. The zero-order valence-electron chi connectivity index (χ0n) is 10.4. The van der Waals surface area contributed by atoms with Gasteiger partial charge in [-0.3, -0.25) is 0 Å². The van der Waals surface area contributed by atoms with Gasteiger partial charge in [-0.25, -0.2) is 4.79 Å². The van der Waals surface area contributed by atoms with Crippen LogP contribution in [0.5, 0.6) is 0 Å². The third kappa shape index (κ3) is 2.31. The number of benzene rings is 2. The van der Waals surface area contributed by atoms with E-state index in [9.17, 15) is 4.79 Å². The fourth-order valence-electron chi connectivity index (χ4n) is 2.12. The van der Waals surface area contributed by atoms with Crippen molar-refractivity contribution < 1.29 is 9.53 Å². The molecular weight excluding hydrogens is 258 g/mol. The van der Waals surface area contributed by atoms with E-state index in [1.54, 1.807) is 17.8 Å². The number of ether oxygens (including phenoxy) is 1. The summed E-state index contributed by atoms with van der Waals surface area (Å²) in [5.74, 6) is -0.269. The maximum Gasteiger partial charge on any atom is 0.340 e. The number of cyclic esters (lactones) is 1. The molecule has 0 saturated heterocycles. The Morgan fingerprint density at radius 1 is 1.16 bits per heavy atom. The summed E-state index contributed by atoms with van der Waals surface area (Å²) in [5.41, 5.74) is 2.48. The Hall–Kier alpha value is -1.94. The second-order valence-corrected chi connectivity index (χ2v) is 5.13. The molecule has 96 valence electrons. The highest BCUT2D eigenvalue weighted by Crippen LogP contribution is 2.32. The van der Waals surface area contributed by atoms with Gasteiger partial charge in [-0.15, -0.1) is 11.8 Å². The van der Waals surface area contributed by atoms with Crippen molar-refractivity contribution in [2.45, 2.75) is 11.1 Å². The van der Waals surface area contributed by atoms with E-state index in [2.05, 4.69) is 5.32 Å². The molecule has 3 nitrogen and oxygen atoms in total. The molecule has 0 saturated carbocycles. The molecule has 0 aliphatic carbocycles. The van der Waals surface area contributed by atoms with E-state index < -0.39 is 6.23 Å². The number of anilines is 1. The van der Waals surface area contributed by atoms with Crippen LogP contribution in [0.2, 0.25) is 0 Å². The Labute approximate surface area is 116 Å². The highest BCUT2D eigenvalue weighted by Gasteiger charge is 2.30. The molecule has 0 fully saturated rings. The molecule has 2 aromatic rings. The largest absolute Gasteiger partial charge is 0.434 e. The number of nitrogens with one attached hydrogen (secondary N) is 1. The first kappa shape index (κ1) is 12.1. The van der Waals surface area contributed by atoms with Crippen molar-refractivity contribution in [1.29, 1.82) is 0 Å². The highest BCUT2D eigenvalue weighted by atomic mass is 32.2. The molecule has 0 radical (unpaired) electrons. The van der Waals surface area contributed by atoms with Crippen molar-refractivity contribution in [3.8, 4) is 0 Å². The minimum atomic E-state index is -0.402. The molecule has 1 N–H and O–H groups in total. The monoisotopic (exact) mass is 271 g/mol. The number of hydrogen-bond acceptors (Lipinski definition) is 4. The zero-order valence-corrected chi connectivity index (χ0v) is 11.2. The van der Waals surface area contributed by atoms with E-state index in [0.717, 1.165) is 11.3 Å². The van der Waals surface area contributed by atoms with Gasteiger partial charge in [0.1, 0.15) is 0 Å². The molecule has 0 unspecified atom stereocenters. The second-order valence-electron chi connectivity index (χ2n) is 4.25. The molecule has 3 rings (SSSR count). The van der Waals surface area contributed by atoms with E-state index in [1.807, 2.05) is 48.7 Å². The maximum atomic E-state index is 11.7. The summed E-state index contributed by atoms with van der Waals surface area (Å²) in [6.45, 7) is 0. The fraction of sp³-hybridized carbons (Fsp3) is 0.133. The number of thioether (sulfide) groups is 1. The van der Waals surface area contributed by atoms with Crippen LogP contribution in [0.4, 0.5) is 5.69 Å². The van der Waals surface area contributed by atoms with E-state index >= 15 is 0 Å². The van der Waals surface area contributed by atoms with Gasteiger partial charge < -0.3 is 10.1 Å². The lowest BCUT2D eigenvalue weighted by molar-refractivity contribution is 0.0437. The predicted octanol–water partition coefficient (Wildman–Crippen LogP) is 3.69. The third-order valence-electron chi connectivity index (χ3n) is 3.06. The van der Waals surface area contributed by atoms with Gasteiger partial charge in [-0.1, -0.05) is 24.3 Å². The molecule has 1 aliphatic heterocycles. The second kappa shape index (κ2) is 4.97. The van der Waals surface area contributed by atoms with Gasteiger partial charge in [-0.2, -0.15) is 0 Å². The van der Waals surface area contributed by atoms with Crippen LogP contribution in [0.3, 0.4) is 0 Å². The first-order valence-corrected chi connectivity index (χ1v) is 7.21. The summed E-state index contributed by atoms with van der Waals surface area (Å²) in [5, 5.41) is 3.25. The van der Waals surface area contributed by atoms with Crippen molar-refractivity contribution >= 4 is 23.4 Å². The SMILES string of the molecule is CSc1cccc(N[C@H]2OC(=O)c3ccccc32)c1. The summed E-state index contributed by atoms with van der Waals surface area (Å²) < 4.78 is 5.35. The normalized spacial score (nSPS) is 16.9. The van der Waals surface area contributed by atoms with Crippen LogP contribution in [0, 0.1) is 0 Å². The predicted molar refractivity (Wildman–Crippen MR) is 76.4 cm³/mol. The molecule has 19 heavy (non-hydrogen) atoms. The Morgan fingerprint density at radius 2 is 2.00 bits per heavy atom. The van der Waals surface area contributed by atoms with Crippen LogP contribution in [-0.2, 0) is 4.74 Å². The molecule has 2 aromatic carbocycles. The summed E-state index contributed by atoms with van der Waals surface area (Å²) in [6.07, 6.45) is 1.63. The first-order chi connectivity index (χ1) is 9.28. The molecule has 1 aliphatic rings. The first-order valence-electron chi connectivity index (χ1n) is 5.98. The van der Waals surface area contributed by atoms with Crippen molar-refractivity contribution in [2.24, 2.45) is 0 Å². The maximum absolute atomic E-state index is 11.7. The van der Waals surface area contributed by atoms with Crippen molar-refractivity contribution in [2.75, 3.05) is 11.6 Å². The van der Waals surface area contributed by atoms with Crippen LogP contribution < -0.4 is 5.32 Å². The molecule has 0 amide bonds. The van der Waals surface area contributed by atoms with Crippen LogP contribution in [0.1, 0.15) is 22.1 Å². The Kier molecular flexibility index (Phi) is 3.17. The summed E-state index contributed by atoms with van der Waals surface area (Å²) in [4.78, 5) is 12.9. The van der Waals surface area contributed by atoms with Gasteiger partial charge in [0.2, 0.25) is 6.23 Å². The van der Waals surface area contributed by atoms with Gasteiger partial charge >= 0.3 is 5.97 Å². The lowest BCUT2D eigenvalue weighted by atomic mass is 10.1. The summed E-state index contributed by atoms with van der Waals surface area (Å²) >= 11 is 1.68. The number of fused-ring (bicyclic) bond motifs is 1. The van der Waals surface area contributed by atoms with Crippen LogP contribution in [0.25, 0.3) is 0 Å². The topological polar surface area (TPSA) is 38.3 Å². The summed E-state index contributed by atoms with van der Waals surface area (Å²) in [7, 11) is 0. The van der Waals surface area contributed by atoms with Gasteiger partial charge in [0.15, 0.2) is 0 Å². The molecule has 0 bridgehead atoms. The molecule has 1 heterocycles. The zero-order chi connectivity index (χ0) is 13.2. The number of rotatable bonds is 3. The fourth-order valence-corrected chi connectivity index (χ4v) is 2.58. The van der Waals surface area contributed by atoms with Gasteiger partial charge in [0.05, 0.1) is 5.56 Å². The average Bonchev–Trinajstić information content (AvgIpc) is 2.76. The minimum absolute atomic E-state index is 0.269. The van der Waals surface area contributed by atoms with Crippen molar-refractivity contribution in [3.05, 3.63) is 59.7 Å². The van der Waals surface area contributed by atoms with E-state index in [-0.39, 0.29) is 5.97 Å². The van der Waals surface area contributed by atoms with Gasteiger partial charge in [0, 0.05) is 16.1 Å². The lowest BCUT2D eigenvalue weighted by Crippen LogP contribution is -2.10. The number of carbonyl (C=O) groups excluding carboxylic acids is 1. The molecular formula is C15H13NO2S. The molecule has 1 atom stereocenters. The van der Waals surface area contributed by atoms with E-state index in [0.29, 0.717) is 5.56 Å². The lowest BCUT2D eigenvalue weighted by Gasteiger charge is -2.14. The minimum Gasteiger partial charge on any atom is -0.434 e. The molecule has 4 heteroatoms. The van der Waals surface area contributed by atoms with Crippen molar-refractivity contribution in [3.63, 3.8) is 0 Å². The van der Waals surface area contributed by atoms with Crippen molar-refractivity contribution in [1.82, 2.24) is 0 Å². The van der Waals surface area contributed by atoms with Gasteiger partial charge in [-0.05, 0) is 30.5 Å². The highest BCUT2D eigenvalue weighted by molar-refractivity contribution is 7.98. The smallest absolute Gasteiger partial charge is 0.340 e.